The third-order valence-electron chi connectivity index (χ3n) is 7.20. The lowest BCUT2D eigenvalue weighted by atomic mass is 10.4. The zero-order valence-electron chi connectivity index (χ0n) is 22.3. The second-order valence-electron chi connectivity index (χ2n) is 10.1. The van der Waals surface area contributed by atoms with Crippen LogP contribution in [0.2, 0.25) is 11.1 Å². The summed E-state index contributed by atoms with van der Waals surface area (Å²) in [7, 11) is -5.90. The first-order valence-electron chi connectivity index (χ1n) is 14.4. The van der Waals surface area contributed by atoms with Crippen molar-refractivity contribution < 1.29 is 21.8 Å². The zero-order chi connectivity index (χ0) is 23.8. The average molecular weight is 503 g/mol. The van der Waals surface area contributed by atoms with Crippen molar-refractivity contribution in [1.82, 2.24) is 0 Å². The van der Waals surface area contributed by atoms with Gasteiger partial charge in [-0.05, 0) is 51.4 Å². The molecule has 0 heterocycles. The molecule has 33 heavy (non-hydrogen) atoms. The Balaban J connectivity index is 2.38. The summed E-state index contributed by atoms with van der Waals surface area (Å²) in [5.74, 6) is 0. The Morgan fingerprint density at radius 2 is 0.758 bits per heavy atom. The van der Waals surface area contributed by atoms with Gasteiger partial charge in [-0.2, -0.15) is 0 Å². The predicted molar refractivity (Wildman–Crippen MR) is 140 cm³/mol. The van der Waals surface area contributed by atoms with Crippen molar-refractivity contribution in [3.05, 3.63) is 0 Å². The van der Waals surface area contributed by atoms with E-state index in [1.54, 1.807) is 0 Å². The molecule has 2 fully saturated rings. The van der Waals surface area contributed by atoms with Crippen LogP contribution in [0.4, 0.5) is 0 Å². The Morgan fingerprint density at radius 1 is 0.485 bits per heavy atom. The first-order chi connectivity index (χ1) is 16.2. The lowest BCUT2D eigenvalue weighted by Gasteiger charge is -2.43. The highest BCUT2D eigenvalue weighted by atomic mass is 28.5. The fourth-order valence-electron chi connectivity index (χ4n) is 5.03. The van der Waals surface area contributed by atoms with Crippen LogP contribution in [0.5, 0.6) is 0 Å². The summed E-state index contributed by atoms with van der Waals surface area (Å²) < 4.78 is 34.6. The fraction of sp³-hybridized carbons (Fsp3) is 1.00. The van der Waals surface area contributed by atoms with E-state index in [0.717, 1.165) is 103 Å². The molecule has 2 saturated carbocycles. The van der Waals surface area contributed by atoms with Crippen LogP contribution in [0.25, 0.3) is 0 Å². The molecule has 0 aromatic carbocycles. The number of hydrogen-bond donors (Lipinski definition) is 0. The molecule has 0 N–H and O–H groups in total. The van der Waals surface area contributed by atoms with Gasteiger partial charge in [-0.1, -0.05) is 79.1 Å². The molecule has 7 heteroatoms. The Morgan fingerprint density at radius 3 is 1.00 bits per heavy atom. The molecule has 0 spiro atoms. The normalized spacial score (nSPS) is 18.5. The van der Waals surface area contributed by atoms with Crippen LogP contribution in [-0.2, 0) is 21.8 Å². The van der Waals surface area contributed by atoms with Crippen LogP contribution in [0.15, 0.2) is 0 Å². The summed E-state index contributed by atoms with van der Waals surface area (Å²) in [5.41, 5.74) is 0.785. The smallest absolute Gasteiger partial charge is 0.374 e. The molecule has 0 radical (unpaired) electrons. The molecule has 0 aliphatic heterocycles. The fourth-order valence-corrected chi connectivity index (χ4v) is 13.9. The van der Waals surface area contributed by atoms with E-state index in [9.17, 15) is 0 Å². The topological polar surface area (TPSA) is 46.2 Å². The number of unbranched alkanes of at least 4 members (excludes halogenated alkanes) is 4. The summed E-state index contributed by atoms with van der Waals surface area (Å²) >= 11 is 0. The summed E-state index contributed by atoms with van der Waals surface area (Å²) in [4.78, 5) is 0. The first-order valence-corrected chi connectivity index (χ1v) is 18.0. The standard InChI is InChI=1S/C26H54O5Si2/c1-5-9-21-27-32(28-22-10-6-2,25-17-13-14-18-25)31-33(29-23-11-7-3,30-24-12-8-4)26-19-15-16-20-26/h25-26H,5-24H2,1-4H3. The van der Waals surface area contributed by atoms with Crippen LogP contribution in [-0.4, -0.2) is 44.0 Å². The molecule has 0 atom stereocenters. The molecular weight excluding hydrogens is 448 g/mol. The highest BCUT2D eigenvalue weighted by molar-refractivity contribution is 6.76. The molecule has 2 aliphatic carbocycles. The van der Waals surface area contributed by atoms with Crippen LogP contribution in [0.1, 0.15) is 130 Å². The van der Waals surface area contributed by atoms with Gasteiger partial charge in [0.25, 0.3) is 0 Å². The maximum Gasteiger partial charge on any atom is 0.496 e. The highest BCUT2D eigenvalue weighted by Gasteiger charge is 2.61. The molecule has 0 amide bonds. The molecule has 0 bridgehead atoms. The van der Waals surface area contributed by atoms with Crippen molar-refractivity contribution in [3.8, 4) is 0 Å². The van der Waals surface area contributed by atoms with Gasteiger partial charge in [-0.25, -0.2) is 0 Å². The number of hydrogen-bond acceptors (Lipinski definition) is 5. The van der Waals surface area contributed by atoms with Crippen molar-refractivity contribution in [3.63, 3.8) is 0 Å². The lowest BCUT2D eigenvalue weighted by Crippen LogP contribution is -2.62. The second-order valence-corrected chi connectivity index (χ2v) is 16.1. The predicted octanol–water partition coefficient (Wildman–Crippen LogP) is 8.04. The Labute approximate surface area is 207 Å². The molecule has 2 rings (SSSR count). The third-order valence-corrected chi connectivity index (χ3v) is 15.1. The van der Waals surface area contributed by atoms with E-state index in [1.807, 2.05) is 0 Å². The van der Waals surface area contributed by atoms with Crippen molar-refractivity contribution in [1.29, 1.82) is 0 Å². The molecule has 0 saturated heterocycles. The molecule has 0 unspecified atom stereocenters. The van der Waals surface area contributed by atoms with E-state index in [1.165, 1.54) is 25.7 Å². The largest absolute Gasteiger partial charge is 0.496 e. The van der Waals surface area contributed by atoms with Crippen LogP contribution < -0.4 is 0 Å². The van der Waals surface area contributed by atoms with Gasteiger partial charge < -0.3 is 21.8 Å². The van der Waals surface area contributed by atoms with Crippen LogP contribution in [0.3, 0.4) is 0 Å². The maximum atomic E-state index is 7.37. The number of rotatable bonds is 20. The monoisotopic (exact) mass is 502 g/mol. The van der Waals surface area contributed by atoms with Gasteiger partial charge in [0.15, 0.2) is 0 Å². The Bertz CT molecular complexity index is 419. The summed E-state index contributed by atoms with van der Waals surface area (Å²) in [5, 5.41) is 0. The molecule has 196 valence electrons. The second kappa shape index (κ2) is 16.8. The molecule has 0 aromatic rings. The minimum atomic E-state index is -2.95. The SMILES string of the molecule is CCCCO[Si](OCCCC)(O[Si](OCCCC)(OCCCC)C1CCCC1)C1CCCC1. The van der Waals surface area contributed by atoms with E-state index in [-0.39, 0.29) is 0 Å². The van der Waals surface area contributed by atoms with Gasteiger partial charge >= 0.3 is 17.6 Å². The van der Waals surface area contributed by atoms with E-state index in [4.69, 9.17) is 21.8 Å². The quantitative estimate of drug-likeness (QED) is 0.124. The Hall–Kier alpha value is 0.234. The van der Waals surface area contributed by atoms with Gasteiger partial charge in [0.1, 0.15) is 0 Å². The molecule has 0 aromatic heterocycles. The van der Waals surface area contributed by atoms with Crippen molar-refractivity contribution >= 4 is 17.6 Å². The van der Waals surface area contributed by atoms with Gasteiger partial charge in [0.2, 0.25) is 0 Å². The first kappa shape index (κ1) is 29.5. The molecule has 2 aliphatic rings. The van der Waals surface area contributed by atoms with E-state index in [0.29, 0.717) is 11.1 Å². The van der Waals surface area contributed by atoms with Crippen LogP contribution >= 0.6 is 0 Å². The minimum Gasteiger partial charge on any atom is -0.374 e. The third kappa shape index (κ3) is 9.32. The minimum absolute atomic E-state index is 0.393. The lowest BCUT2D eigenvalue weighted by molar-refractivity contribution is 0.0269. The van der Waals surface area contributed by atoms with E-state index < -0.39 is 17.6 Å². The van der Waals surface area contributed by atoms with Crippen molar-refractivity contribution in [2.24, 2.45) is 0 Å². The maximum absolute atomic E-state index is 7.37. The molecular formula is C26H54O5Si2. The van der Waals surface area contributed by atoms with Crippen molar-refractivity contribution in [2.45, 2.75) is 142 Å². The van der Waals surface area contributed by atoms with Gasteiger partial charge in [0, 0.05) is 37.5 Å². The zero-order valence-corrected chi connectivity index (χ0v) is 24.3. The van der Waals surface area contributed by atoms with Crippen LogP contribution in [0, 0.1) is 0 Å². The highest BCUT2D eigenvalue weighted by Crippen LogP contribution is 2.47. The van der Waals surface area contributed by atoms with Gasteiger partial charge in [-0.15, -0.1) is 0 Å². The average Bonchev–Trinajstić information content (AvgIpc) is 3.54. The van der Waals surface area contributed by atoms with E-state index >= 15 is 0 Å². The van der Waals surface area contributed by atoms with Gasteiger partial charge in [-0.3, -0.25) is 0 Å². The van der Waals surface area contributed by atoms with E-state index in [2.05, 4.69) is 27.7 Å². The Kier molecular flexibility index (Phi) is 15.0. The van der Waals surface area contributed by atoms with Crippen molar-refractivity contribution in [2.75, 3.05) is 26.4 Å². The van der Waals surface area contributed by atoms with Gasteiger partial charge in [0.05, 0.1) is 0 Å². The molecule has 5 nitrogen and oxygen atoms in total. The summed E-state index contributed by atoms with van der Waals surface area (Å²) in [6, 6.07) is 0. The summed E-state index contributed by atoms with van der Waals surface area (Å²) in [6.07, 6.45) is 18.3. The summed E-state index contributed by atoms with van der Waals surface area (Å²) in [6.45, 7) is 11.8.